The van der Waals surface area contributed by atoms with E-state index in [9.17, 15) is 18.0 Å². The molecule has 1 amide bonds. The SMILES string of the molecule is CC(CCn1ccc(/C=C/c2ccccc2)cc1=O)(C(=O)NO)S(C)(=O)=O. The van der Waals surface area contributed by atoms with Gasteiger partial charge in [-0.25, -0.2) is 13.9 Å². The third-order valence-electron chi connectivity index (χ3n) is 4.52. The van der Waals surface area contributed by atoms with Crippen molar-refractivity contribution in [2.45, 2.75) is 24.6 Å². The van der Waals surface area contributed by atoms with Crippen molar-refractivity contribution < 1.29 is 18.4 Å². The number of carbonyl (C=O) groups excluding carboxylic acids is 1. The van der Waals surface area contributed by atoms with Gasteiger partial charge in [-0.1, -0.05) is 42.5 Å². The van der Waals surface area contributed by atoms with Gasteiger partial charge >= 0.3 is 0 Å². The Labute approximate surface area is 157 Å². The normalized spacial score (nSPS) is 14.0. The number of pyridine rings is 1. The smallest absolute Gasteiger partial charge is 0.264 e. The molecule has 1 aromatic carbocycles. The van der Waals surface area contributed by atoms with E-state index in [2.05, 4.69) is 0 Å². The first-order valence-corrected chi connectivity index (χ1v) is 10.1. The Morgan fingerprint density at radius 3 is 2.37 bits per heavy atom. The van der Waals surface area contributed by atoms with E-state index in [-0.39, 0.29) is 18.5 Å². The molecule has 0 aliphatic heterocycles. The molecule has 2 aromatic rings. The van der Waals surface area contributed by atoms with E-state index in [4.69, 9.17) is 5.21 Å². The van der Waals surface area contributed by atoms with E-state index in [1.54, 1.807) is 18.3 Å². The number of sulfone groups is 1. The average molecular weight is 390 g/mol. The quantitative estimate of drug-likeness (QED) is 0.553. The number of amides is 1. The maximum atomic E-state index is 12.3. The minimum atomic E-state index is -3.80. The third kappa shape index (κ3) is 4.93. The Kier molecular flexibility index (Phi) is 6.35. The van der Waals surface area contributed by atoms with Crippen LogP contribution in [0.15, 0.2) is 53.5 Å². The summed E-state index contributed by atoms with van der Waals surface area (Å²) >= 11 is 0. The Morgan fingerprint density at radius 2 is 1.81 bits per heavy atom. The third-order valence-corrected chi connectivity index (χ3v) is 6.54. The van der Waals surface area contributed by atoms with Crippen LogP contribution in [-0.4, -0.2) is 35.1 Å². The van der Waals surface area contributed by atoms with Gasteiger partial charge in [-0.15, -0.1) is 0 Å². The number of nitrogens with one attached hydrogen (secondary N) is 1. The Hall–Kier alpha value is -2.71. The van der Waals surface area contributed by atoms with Gasteiger partial charge in [-0.2, -0.15) is 0 Å². The number of nitrogens with zero attached hydrogens (tertiary/aromatic N) is 1. The van der Waals surface area contributed by atoms with Crippen molar-refractivity contribution in [2.75, 3.05) is 6.26 Å². The predicted octanol–water partition coefficient (Wildman–Crippen LogP) is 1.72. The lowest BCUT2D eigenvalue weighted by atomic mass is 10.1. The molecule has 1 heterocycles. The molecule has 0 bridgehead atoms. The molecule has 0 aliphatic carbocycles. The van der Waals surface area contributed by atoms with Crippen molar-refractivity contribution in [3.63, 3.8) is 0 Å². The molecule has 0 radical (unpaired) electrons. The van der Waals surface area contributed by atoms with Gasteiger partial charge in [0.05, 0.1) is 0 Å². The zero-order chi connectivity index (χ0) is 20.1. The summed E-state index contributed by atoms with van der Waals surface area (Å²) < 4.78 is 23.4. The van der Waals surface area contributed by atoms with E-state index in [0.717, 1.165) is 11.8 Å². The van der Waals surface area contributed by atoms with Gasteiger partial charge in [-0.3, -0.25) is 14.8 Å². The first-order chi connectivity index (χ1) is 12.7. The number of carbonyl (C=O) groups is 1. The van der Waals surface area contributed by atoms with Gasteiger partial charge in [-0.05, 0) is 30.5 Å². The number of aryl methyl sites for hydroxylation is 1. The lowest BCUT2D eigenvalue weighted by molar-refractivity contribution is -0.131. The second kappa shape index (κ2) is 8.32. The van der Waals surface area contributed by atoms with Crippen molar-refractivity contribution in [1.82, 2.24) is 10.0 Å². The molecule has 0 saturated heterocycles. The number of rotatable bonds is 7. The molecular weight excluding hydrogens is 368 g/mol. The fourth-order valence-electron chi connectivity index (χ4n) is 2.49. The van der Waals surface area contributed by atoms with Crippen LogP contribution in [0.5, 0.6) is 0 Å². The van der Waals surface area contributed by atoms with Gasteiger partial charge in [0.15, 0.2) is 14.6 Å². The van der Waals surface area contributed by atoms with Gasteiger partial charge in [0.2, 0.25) is 0 Å². The lowest BCUT2D eigenvalue weighted by Crippen LogP contribution is -2.49. The van der Waals surface area contributed by atoms with Gasteiger partial charge < -0.3 is 4.57 Å². The largest absolute Gasteiger partial charge is 0.315 e. The lowest BCUT2D eigenvalue weighted by Gasteiger charge is -2.25. The summed E-state index contributed by atoms with van der Waals surface area (Å²) in [5, 5.41) is 8.83. The summed E-state index contributed by atoms with van der Waals surface area (Å²) in [4.78, 5) is 24.1. The summed E-state index contributed by atoms with van der Waals surface area (Å²) in [6.45, 7) is 1.23. The second-order valence-corrected chi connectivity index (χ2v) is 8.88. The fourth-order valence-corrected chi connectivity index (χ4v) is 3.33. The van der Waals surface area contributed by atoms with E-state index in [0.29, 0.717) is 5.56 Å². The van der Waals surface area contributed by atoms with Crippen LogP contribution in [0.25, 0.3) is 12.2 Å². The van der Waals surface area contributed by atoms with Crippen molar-refractivity contribution in [2.24, 2.45) is 0 Å². The maximum absolute atomic E-state index is 12.3. The molecule has 2 rings (SSSR count). The van der Waals surface area contributed by atoms with Crippen molar-refractivity contribution in [3.05, 3.63) is 70.1 Å². The number of benzene rings is 1. The highest BCUT2D eigenvalue weighted by atomic mass is 32.2. The molecule has 0 fully saturated rings. The molecule has 2 N–H and O–H groups in total. The first-order valence-electron chi connectivity index (χ1n) is 8.25. The molecule has 8 heteroatoms. The molecule has 1 unspecified atom stereocenters. The summed E-state index contributed by atoms with van der Waals surface area (Å²) in [7, 11) is -3.80. The van der Waals surface area contributed by atoms with Crippen LogP contribution in [-0.2, 0) is 21.2 Å². The summed E-state index contributed by atoms with van der Waals surface area (Å²) in [5.41, 5.74) is 2.78. The summed E-state index contributed by atoms with van der Waals surface area (Å²) in [6.07, 6.45) is 6.00. The topological polar surface area (TPSA) is 105 Å². The van der Waals surface area contributed by atoms with Crippen LogP contribution >= 0.6 is 0 Å². The Morgan fingerprint density at radius 1 is 1.19 bits per heavy atom. The standard InChI is InChI=1S/C19H22N2O5S/c1-19(18(23)20-24,27(2,25)26)11-13-21-12-10-16(14-17(21)22)9-8-15-6-4-3-5-7-15/h3-10,12,14,24H,11,13H2,1-2H3,(H,20,23)/b9-8+. The van der Waals surface area contributed by atoms with Crippen LogP contribution in [0, 0.1) is 0 Å². The highest BCUT2D eigenvalue weighted by Gasteiger charge is 2.43. The zero-order valence-corrected chi connectivity index (χ0v) is 15.9. The van der Waals surface area contributed by atoms with Crippen LogP contribution in [0.1, 0.15) is 24.5 Å². The highest BCUT2D eigenvalue weighted by molar-refractivity contribution is 7.92. The highest BCUT2D eigenvalue weighted by Crippen LogP contribution is 2.22. The van der Waals surface area contributed by atoms with Crippen molar-refractivity contribution >= 4 is 27.9 Å². The van der Waals surface area contributed by atoms with Crippen LogP contribution in [0.4, 0.5) is 0 Å². The number of hydrogen-bond acceptors (Lipinski definition) is 5. The predicted molar refractivity (Wildman–Crippen MR) is 104 cm³/mol. The molecule has 7 nitrogen and oxygen atoms in total. The minimum absolute atomic E-state index is 0.0124. The number of hydroxylamine groups is 1. The van der Waals surface area contributed by atoms with Crippen molar-refractivity contribution in [3.8, 4) is 0 Å². The summed E-state index contributed by atoms with van der Waals surface area (Å²) in [6, 6.07) is 12.8. The second-order valence-electron chi connectivity index (χ2n) is 6.43. The molecule has 144 valence electrons. The molecular formula is C19H22N2O5S. The molecule has 27 heavy (non-hydrogen) atoms. The molecule has 0 spiro atoms. The van der Waals surface area contributed by atoms with Gasteiger partial charge in [0.25, 0.3) is 11.5 Å². The van der Waals surface area contributed by atoms with Gasteiger partial charge in [0.1, 0.15) is 0 Å². The average Bonchev–Trinajstić information content (AvgIpc) is 2.64. The Bertz CT molecular complexity index is 996. The fraction of sp³-hybridized carbons (Fsp3) is 0.263. The van der Waals surface area contributed by atoms with E-state index >= 15 is 0 Å². The first kappa shape index (κ1) is 20.6. The van der Waals surface area contributed by atoms with E-state index < -0.39 is 20.5 Å². The molecule has 0 saturated carbocycles. The van der Waals surface area contributed by atoms with Crippen LogP contribution < -0.4 is 11.0 Å². The van der Waals surface area contributed by atoms with Crippen molar-refractivity contribution in [1.29, 1.82) is 0 Å². The molecule has 1 aromatic heterocycles. The van der Waals surface area contributed by atoms with Gasteiger partial charge in [0, 0.05) is 25.1 Å². The minimum Gasteiger partial charge on any atom is -0.315 e. The summed E-state index contributed by atoms with van der Waals surface area (Å²) in [5.74, 6) is -1.03. The number of aromatic nitrogens is 1. The number of hydrogen-bond donors (Lipinski definition) is 2. The maximum Gasteiger partial charge on any atom is 0.264 e. The van der Waals surface area contributed by atoms with E-state index in [1.165, 1.54) is 23.0 Å². The monoisotopic (exact) mass is 390 g/mol. The molecule has 0 aliphatic rings. The van der Waals surface area contributed by atoms with Crippen LogP contribution in [0.2, 0.25) is 0 Å². The zero-order valence-electron chi connectivity index (χ0n) is 15.1. The molecule has 1 atom stereocenters. The van der Waals surface area contributed by atoms with Crippen LogP contribution in [0.3, 0.4) is 0 Å². The Balaban J connectivity index is 2.17. The van der Waals surface area contributed by atoms with E-state index in [1.807, 2.05) is 36.4 Å².